The molecule has 1 heterocycles. The van der Waals surface area contributed by atoms with Gasteiger partial charge in [0.15, 0.2) is 0 Å². The number of nitrogens with zero attached hydrogens (tertiary/aromatic N) is 1. The van der Waals surface area contributed by atoms with Crippen LogP contribution in [-0.4, -0.2) is 11.6 Å². The smallest absolute Gasteiger partial charge is 0.126 e. The van der Waals surface area contributed by atoms with Crippen molar-refractivity contribution in [1.82, 2.24) is 4.98 Å². The minimum absolute atomic E-state index is 0.283. The summed E-state index contributed by atoms with van der Waals surface area (Å²) in [6.45, 7) is 2.38. The molecule has 18 heavy (non-hydrogen) atoms. The average molecular weight is 286 g/mol. The van der Waals surface area contributed by atoms with Gasteiger partial charge in [0.1, 0.15) is 11.6 Å². The van der Waals surface area contributed by atoms with Crippen LogP contribution in [0.25, 0.3) is 0 Å². The standard InChI is InChI=1S/C13H13ClFNOS/c1-9-2-3-10(15)6-12(9)17-5-4-13-16-11(7-14)8-18-13/h2-3,6,8H,4-5,7H2,1H3. The lowest BCUT2D eigenvalue weighted by molar-refractivity contribution is 0.318. The van der Waals surface area contributed by atoms with Gasteiger partial charge in [0, 0.05) is 17.9 Å². The third-order valence-electron chi connectivity index (χ3n) is 2.46. The maximum atomic E-state index is 13.0. The summed E-state index contributed by atoms with van der Waals surface area (Å²) in [6.07, 6.45) is 0.706. The van der Waals surface area contributed by atoms with Crippen molar-refractivity contribution in [2.24, 2.45) is 0 Å². The summed E-state index contributed by atoms with van der Waals surface area (Å²) in [4.78, 5) is 4.33. The van der Waals surface area contributed by atoms with E-state index in [-0.39, 0.29) is 5.82 Å². The van der Waals surface area contributed by atoms with E-state index in [1.807, 2.05) is 12.3 Å². The first-order chi connectivity index (χ1) is 8.69. The molecule has 0 saturated carbocycles. The predicted octanol–water partition coefficient (Wildman–Crippen LogP) is 3.95. The quantitative estimate of drug-likeness (QED) is 0.776. The molecule has 0 bridgehead atoms. The van der Waals surface area contributed by atoms with E-state index in [0.29, 0.717) is 24.7 Å². The van der Waals surface area contributed by atoms with Gasteiger partial charge in [0.05, 0.1) is 23.2 Å². The summed E-state index contributed by atoms with van der Waals surface area (Å²) < 4.78 is 18.6. The van der Waals surface area contributed by atoms with Gasteiger partial charge in [0.25, 0.3) is 0 Å². The molecule has 0 atom stereocenters. The Bertz CT molecular complexity index is 529. The lowest BCUT2D eigenvalue weighted by Crippen LogP contribution is -2.02. The molecule has 0 saturated heterocycles. The molecule has 0 aliphatic rings. The van der Waals surface area contributed by atoms with Crippen LogP contribution in [0.4, 0.5) is 4.39 Å². The molecule has 0 fully saturated rings. The first-order valence-electron chi connectivity index (χ1n) is 5.57. The molecule has 2 rings (SSSR count). The van der Waals surface area contributed by atoms with Crippen LogP contribution in [0.3, 0.4) is 0 Å². The van der Waals surface area contributed by atoms with Crippen LogP contribution in [-0.2, 0) is 12.3 Å². The zero-order valence-corrected chi connectivity index (χ0v) is 11.5. The van der Waals surface area contributed by atoms with Crippen molar-refractivity contribution in [2.45, 2.75) is 19.2 Å². The number of alkyl halides is 1. The summed E-state index contributed by atoms with van der Waals surface area (Å²) >= 11 is 7.25. The molecular formula is C13H13ClFNOS. The van der Waals surface area contributed by atoms with Gasteiger partial charge in [-0.3, -0.25) is 0 Å². The maximum absolute atomic E-state index is 13.0. The van der Waals surface area contributed by atoms with Gasteiger partial charge < -0.3 is 4.74 Å². The molecule has 0 spiro atoms. The number of thiazole rings is 1. The van der Waals surface area contributed by atoms with E-state index in [2.05, 4.69) is 4.98 Å². The van der Waals surface area contributed by atoms with Crippen LogP contribution in [0.2, 0.25) is 0 Å². The second-order valence-corrected chi connectivity index (χ2v) is 5.08. The van der Waals surface area contributed by atoms with Crippen LogP contribution in [0, 0.1) is 12.7 Å². The number of ether oxygens (including phenoxy) is 1. The second kappa shape index (κ2) is 6.16. The van der Waals surface area contributed by atoms with Gasteiger partial charge >= 0.3 is 0 Å². The van der Waals surface area contributed by atoms with Crippen molar-refractivity contribution < 1.29 is 9.13 Å². The number of aromatic nitrogens is 1. The van der Waals surface area contributed by atoms with Crippen LogP contribution < -0.4 is 4.74 Å². The van der Waals surface area contributed by atoms with Crippen molar-refractivity contribution in [3.63, 3.8) is 0 Å². The molecule has 0 aliphatic carbocycles. The summed E-state index contributed by atoms with van der Waals surface area (Å²) in [7, 11) is 0. The molecule has 0 amide bonds. The minimum atomic E-state index is -0.283. The van der Waals surface area contributed by atoms with E-state index in [9.17, 15) is 4.39 Å². The van der Waals surface area contributed by atoms with Crippen LogP contribution in [0.15, 0.2) is 23.6 Å². The Hall–Kier alpha value is -1.13. The Kier molecular flexibility index (Phi) is 4.55. The zero-order valence-electron chi connectivity index (χ0n) is 9.95. The molecule has 1 aromatic carbocycles. The lowest BCUT2D eigenvalue weighted by atomic mass is 10.2. The fraction of sp³-hybridized carbons (Fsp3) is 0.308. The monoisotopic (exact) mass is 285 g/mol. The Morgan fingerprint density at radius 3 is 3.00 bits per heavy atom. The van der Waals surface area contributed by atoms with Gasteiger partial charge in [-0.25, -0.2) is 9.37 Å². The number of benzene rings is 1. The van der Waals surface area contributed by atoms with Crippen LogP contribution in [0.1, 0.15) is 16.3 Å². The Balaban J connectivity index is 1.90. The van der Waals surface area contributed by atoms with Gasteiger partial charge in [-0.2, -0.15) is 0 Å². The summed E-state index contributed by atoms with van der Waals surface area (Å²) in [6, 6.07) is 4.54. The van der Waals surface area contributed by atoms with E-state index in [0.717, 1.165) is 16.3 Å². The van der Waals surface area contributed by atoms with Gasteiger partial charge in [-0.1, -0.05) is 6.07 Å². The van der Waals surface area contributed by atoms with E-state index >= 15 is 0 Å². The summed E-state index contributed by atoms with van der Waals surface area (Å²) in [5, 5.41) is 2.93. The topological polar surface area (TPSA) is 22.1 Å². The summed E-state index contributed by atoms with van der Waals surface area (Å²) in [5.41, 5.74) is 1.82. The highest BCUT2D eigenvalue weighted by Gasteiger charge is 2.04. The largest absolute Gasteiger partial charge is 0.493 e. The Labute approximate surface area is 114 Å². The van der Waals surface area contributed by atoms with E-state index in [1.165, 1.54) is 12.1 Å². The number of hydrogen-bond donors (Lipinski definition) is 0. The van der Waals surface area contributed by atoms with Crippen LogP contribution in [0.5, 0.6) is 5.75 Å². The van der Waals surface area contributed by atoms with E-state index in [1.54, 1.807) is 17.4 Å². The highest BCUT2D eigenvalue weighted by molar-refractivity contribution is 7.09. The van der Waals surface area contributed by atoms with Crippen molar-refractivity contribution in [3.05, 3.63) is 45.7 Å². The predicted molar refractivity (Wildman–Crippen MR) is 72.0 cm³/mol. The van der Waals surface area contributed by atoms with E-state index < -0.39 is 0 Å². The lowest BCUT2D eigenvalue weighted by Gasteiger charge is -2.07. The highest BCUT2D eigenvalue weighted by Crippen LogP contribution is 2.19. The van der Waals surface area contributed by atoms with Crippen molar-refractivity contribution >= 4 is 22.9 Å². The third-order valence-corrected chi connectivity index (χ3v) is 3.69. The maximum Gasteiger partial charge on any atom is 0.126 e. The van der Waals surface area contributed by atoms with Crippen molar-refractivity contribution in [3.8, 4) is 5.75 Å². The minimum Gasteiger partial charge on any atom is -0.493 e. The third kappa shape index (κ3) is 3.43. The zero-order chi connectivity index (χ0) is 13.0. The molecule has 5 heteroatoms. The normalized spacial score (nSPS) is 10.6. The first-order valence-corrected chi connectivity index (χ1v) is 6.98. The number of halogens is 2. The number of rotatable bonds is 5. The van der Waals surface area contributed by atoms with Gasteiger partial charge in [0.2, 0.25) is 0 Å². The molecule has 0 radical (unpaired) electrons. The fourth-order valence-corrected chi connectivity index (χ4v) is 2.51. The average Bonchev–Trinajstić information content (AvgIpc) is 2.81. The number of hydrogen-bond acceptors (Lipinski definition) is 3. The molecule has 1 aromatic heterocycles. The van der Waals surface area contributed by atoms with Crippen molar-refractivity contribution in [1.29, 1.82) is 0 Å². The Morgan fingerprint density at radius 2 is 2.28 bits per heavy atom. The van der Waals surface area contributed by atoms with E-state index in [4.69, 9.17) is 16.3 Å². The molecule has 2 nitrogen and oxygen atoms in total. The number of aryl methyl sites for hydroxylation is 1. The highest BCUT2D eigenvalue weighted by atomic mass is 35.5. The molecular weight excluding hydrogens is 273 g/mol. The fourth-order valence-electron chi connectivity index (χ4n) is 1.50. The summed E-state index contributed by atoms with van der Waals surface area (Å²) in [5.74, 6) is 0.735. The van der Waals surface area contributed by atoms with Gasteiger partial charge in [-0.15, -0.1) is 22.9 Å². The van der Waals surface area contributed by atoms with Crippen LogP contribution >= 0.6 is 22.9 Å². The van der Waals surface area contributed by atoms with Gasteiger partial charge in [-0.05, 0) is 18.6 Å². The first kappa shape index (κ1) is 13.3. The molecule has 0 N–H and O–H groups in total. The molecule has 2 aromatic rings. The second-order valence-electron chi connectivity index (χ2n) is 3.87. The Morgan fingerprint density at radius 1 is 1.44 bits per heavy atom. The molecule has 96 valence electrons. The van der Waals surface area contributed by atoms with Crippen molar-refractivity contribution in [2.75, 3.05) is 6.61 Å². The SMILES string of the molecule is Cc1ccc(F)cc1OCCc1nc(CCl)cs1. The molecule has 0 unspecified atom stereocenters. The molecule has 0 aliphatic heterocycles.